The van der Waals surface area contributed by atoms with Gasteiger partial charge in [-0.3, -0.25) is 0 Å². The fraction of sp³-hybridized carbons (Fsp3) is 0.316. The number of hydrogen-bond donors (Lipinski definition) is 3. The van der Waals surface area contributed by atoms with Crippen LogP contribution in [0.2, 0.25) is 5.02 Å². The maximum atomic E-state index is 12.1. The zero-order chi connectivity index (χ0) is 18.2. The number of rotatable bonds is 7. The number of aliphatic hydroxyl groups is 1. The molecule has 0 spiro atoms. The first-order valence-corrected chi connectivity index (χ1v) is 8.51. The normalized spacial score (nSPS) is 13.3. The van der Waals surface area contributed by atoms with Gasteiger partial charge in [0.25, 0.3) is 0 Å². The molecule has 0 heterocycles. The van der Waals surface area contributed by atoms with Crippen LogP contribution >= 0.6 is 11.6 Å². The summed E-state index contributed by atoms with van der Waals surface area (Å²) < 4.78 is 0. The minimum Gasteiger partial charge on any atom is -0.388 e. The van der Waals surface area contributed by atoms with Crippen LogP contribution in [0.3, 0.4) is 0 Å². The lowest BCUT2D eigenvalue weighted by molar-refractivity contribution is 0.0911. The van der Waals surface area contributed by atoms with E-state index in [4.69, 9.17) is 11.6 Å². The van der Waals surface area contributed by atoms with Gasteiger partial charge in [-0.2, -0.15) is 0 Å². The summed E-state index contributed by atoms with van der Waals surface area (Å²) in [7, 11) is 3.88. The van der Waals surface area contributed by atoms with Gasteiger partial charge in [-0.05, 0) is 37.9 Å². The van der Waals surface area contributed by atoms with E-state index in [2.05, 4.69) is 10.6 Å². The molecule has 0 radical (unpaired) electrons. The van der Waals surface area contributed by atoms with Crippen LogP contribution in [-0.2, 0) is 0 Å². The van der Waals surface area contributed by atoms with Gasteiger partial charge in [-0.15, -0.1) is 0 Å². The Balaban J connectivity index is 1.96. The van der Waals surface area contributed by atoms with Crippen LogP contribution < -0.4 is 10.6 Å². The Morgan fingerprint density at radius 2 is 1.88 bits per heavy atom. The number of nitrogens with zero attached hydrogens (tertiary/aromatic N) is 1. The van der Waals surface area contributed by atoms with Crippen molar-refractivity contribution in [3.8, 4) is 0 Å². The van der Waals surface area contributed by atoms with Gasteiger partial charge < -0.3 is 20.6 Å². The molecule has 2 rings (SSSR count). The Morgan fingerprint density at radius 3 is 2.52 bits per heavy atom. The number of halogens is 1. The average molecular weight is 362 g/mol. The van der Waals surface area contributed by atoms with E-state index in [1.165, 1.54) is 0 Å². The molecule has 25 heavy (non-hydrogen) atoms. The molecule has 0 bridgehead atoms. The molecule has 2 aromatic carbocycles. The number of benzene rings is 2. The molecule has 0 aromatic heterocycles. The lowest BCUT2D eigenvalue weighted by Gasteiger charge is -2.26. The molecular weight excluding hydrogens is 338 g/mol. The second-order valence-electron chi connectivity index (χ2n) is 6.22. The molecule has 3 N–H and O–H groups in total. The topological polar surface area (TPSA) is 64.6 Å². The summed E-state index contributed by atoms with van der Waals surface area (Å²) >= 11 is 5.91. The van der Waals surface area contributed by atoms with Crippen LogP contribution in [0.5, 0.6) is 0 Å². The largest absolute Gasteiger partial charge is 0.388 e. The average Bonchev–Trinajstić information content (AvgIpc) is 2.58. The number of hydrogen-bond acceptors (Lipinski definition) is 3. The molecule has 0 fully saturated rings. The molecule has 6 heteroatoms. The molecule has 2 amide bonds. The Kier molecular flexibility index (Phi) is 7.25. The zero-order valence-electron chi connectivity index (χ0n) is 14.4. The molecule has 5 nitrogen and oxygen atoms in total. The van der Waals surface area contributed by atoms with Crippen molar-refractivity contribution >= 4 is 23.3 Å². The fourth-order valence-corrected chi connectivity index (χ4v) is 2.82. The van der Waals surface area contributed by atoms with E-state index in [1.54, 1.807) is 24.3 Å². The maximum absolute atomic E-state index is 12.1. The summed E-state index contributed by atoms with van der Waals surface area (Å²) in [5, 5.41) is 16.8. The molecular formula is C19H24ClN3O2. The Hall–Kier alpha value is -2.08. The first-order chi connectivity index (χ1) is 12.0. The molecule has 0 aliphatic heterocycles. The van der Waals surface area contributed by atoms with Gasteiger partial charge in [0.15, 0.2) is 0 Å². The van der Waals surface area contributed by atoms with E-state index in [9.17, 15) is 9.90 Å². The van der Waals surface area contributed by atoms with Gasteiger partial charge in [0, 0.05) is 29.7 Å². The van der Waals surface area contributed by atoms with Crippen LogP contribution in [0.15, 0.2) is 54.6 Å². The summed E-state index contributed by atoms with van der Waals surface area (Å²) in [6.45, 7) is 0.994. The van der Waals surface area contributed by atoms with Crippen LogP contribution in [0, 0.1) is 5.92 Å². The lowest BCUT2D eigenvalue weighted by atomic mass is 9.95. The van der Waals surface area contributed by atoms with Gasteiger partial charge in [-0.25, -0.2) is 4.79 Å². The predicted molar refractivity (Wildman–Crippen MR) is 102 cm³/mol. The summed E-state index contributed by atoms with van der Waals surface area (Å²) in [5.41, 5.74) is 1.46. The van der Waals surface area contributed by atoms with E-state index in [-0.39, 0.29) is 11.9 Å². The predicted octanol–water partition coefficient (Wildman–Crippen LogP) is 3.37. The number of carbonyl (C=O) groups excluding carboxylic acids is 1. The quantitative estimate of drug-likeness (QED) is 0.708. The number of anilines is 1. The summed E-state index contributed by atoms with van der Waals surface area (Å²) in [4.78, 5) is 14.1. The standard InChI is InChI=1S/C19H24ClN3O2/c1-23(2)13-15(18(24)14-7-4-3-5-8-14)12-21-19(25)22-17-10-6-9-16(20)11-17/h3-11,15,18,24H,12-13H2,1-2H3,(H2,21,22,25)/t15-,18-/m0/s1. The van der Waals surface area contributed by atoms with E-state index >= 15 is 0 Å². The smallest absolute Gasteiger partial charge is 0.319 e. The van der Waals surface area contributed by atoms with Crippen molar-refractivity contribution in [3.05, 3.63) is 65.2 Å². The van der Waals surface area contributed by atoms with Crippen LogP contribution in [0.25, 0.3) is 0 Å². The van der Waals surface area contributed by atoms with E-state index in [0.717, 1.165) is 5.56 Å². The van der Waals surface area contributed by atoms with Crippen molar-refractivity contribution in [1.82, 2.24) is 10.2 Å². The Labute approximate surface area is 153 Å². The number of urea groups is 1. The minimum atomic E-state index is -0.657. The highest BCUT2D eigenvalue weighted by atomic mass is 35.5. The van der Waals surface area contributed by atoms with Gasteiger partial charge >= 0.3 is 6.03 Å². The van der Waals surface area contributed by atoms with Gasteiger partial charge in [-0.1, -0.05) is 48.0 Å². The van der Waals surface area contributed by atoms with Crippen molar-refractivity contribution in [2.45, 2.75) is 6.10 Å². The summed E-state index contributed by atoms with van der Waals surface area (Å²) in [6.07, 6.45) is -0.657. The number of aliphatic hydroxyl groups excluding tert-OH is 1. The van der Waals surface area contributed by atoms with Crippen LogP contribution in [0.4, 0.5) is 10.5 Å². The first-order valence-electron chi connectivity index (χ1n) is 8.14. The van der Waals surface area contributed by atoms with Crippen LogP contribution in [-0.4, -0.2) is 43.2 Å². The molecule has 0 unspecified atom stereocenters. The maximum Gasteiger partial charge on any atom is 0.319 e. The Morgan fingerprint density at radius 1 is 1.16 bits per heavy atom. The van der Waals surface area contributed by atoms with Gasteiger partial charge in [0.05, 0.1) is 6.10 Å². The Bertz CT molecular complexity index is 679. The van der Waals surface area contributed by atoms with Crippen molar-refractivity contribution < 1.29 is 9.90 Å². The van der Waals surface area contributed by atoms with Crippen molar-refractivity contribution in [2.75, 3.05) is 32.5 Å². The second-order valence-corrected chi connectivity index (χ2v) is 6.66. The van der Waals surface area contributed by atoms with Gasteiger partial charge in [0.1, 0.15) is 0 Å². The number of nitrogens with one attached hydrogen (secondary N) is 2. The molecule has 134 valence electrons. The molecule has 2 atom stereocenters. The van der Waals surface area contributed by atoms with E-state index < -0.39 is 6.10 Å². The van der Waals surface area contributed by atoms with Crippen molar-refractivity contribution in [2.24, 2.45) is 5.92 Å². The van der Waals surface area contributed by atoms with Gasteiger partial charge in [0.2, 0.25) is 0 Å². The number of carbonyl (C=O) groups is 1. The van der Waals surface area contributed by atoms with Crippen molar-refractivity contribution in [3.63, 3.8) is 0 Å². The molecule has 0 saturated heterocycles. The zero-order valence-corrected chi connectivity index (χ0v) is 15.2. The summed E-state index contributed by atoms with van der Waals surface area (Å²) in [6, 6.07) is 16.1. The highest BCUT2D eigenvalue weighted by molar-refractivity contribution is 6.30. The third-order valence-corrected chi connectivity index (χ3v) is 4.03. The van der Waals surface area contributed by atoms with E-state index in [0.29, 0.717) is 23.8 Å². The highest BCUT2D eigenvalue weighted by Crippen LogP contribution is 2.22. The van der Waals surface area contributed by atoms with Crippen LogP contribution in [0.1, 0.15) is 11.7 Å². The third-order valence-electron chi connectivity index (χ3n) is 3.79. The van der Waals surface area contributed by atoms with Crippen molar-refractivity contribution in [1.29, 1.82) is 0 Å². The lowest BCUT2D eigenvalue weighted by Crippen LogP contribution is -2.39. The number of amides is 2. The molecule has 2 aromatic rings. The molecule has 0 aliphatic rings. The summed E-state index contributed by atoms with van der Waals surface area (Å²) in [5.74, 6) is -0.137. The fourth-order valence-electron chi connectivity index (χ4n) is 2.63. The monoisotopic (exact) mass is 361 g/mol. The first kappa shape index (κ1) is 19.2. The minimum absolute atomic E-state index is 0.137. The van der Waals surface area contributed by atoms with E-state index in [1.807, 2.05) is 49.3 Å². The second kappa shape index (κ2) is 9.42. The SMILES string of the molecule is CN(C)C[C@H](CNC(=O)Nc1cccc(Cl)c1)[C@@H](O)c1ccccc1. The third kappa shape index (κ3) is 6.38. The molecule has 0 saturated carbocycles. The highest BCUT2D eigenvalue weighted by Gasteiger charge is 2.22. The molecule has 0 aliphatic carbocycles.